The van der Waals surface area contributed by atoms with Crippen LogP contribution in [0.15, 0.2) is 42.3 Å². The van der Waals surface area contributed by atoms with Crippen LogP contribution in [0.2, 0.25) is 0 Å². The molecule has 24 heavy (non-hydrogen) atoms. The molecule has 0 unspecified atom stereocenters. The summed E-state index contributed by atoms with van der Waals surface area (Å²) < 4.78 is 13.2. The lowest BCUT2D eigenvalue weighted by molar-refractivity contribution is 0.628. The summed E-state index contributed by atoms with van der Waals surface area (Å²) in [6.45, 7) is 0.546. The summed E-state index contributed by atoms with van der Waals surface area (Å²) in [7, 11) is 1.94. The Kier molecular flexibility index (Phi) is 3.66. The first kappa shape index (κ1) is 14.7. The molecule has 0 aliphatic heterocycles. The van der Waals surface area contributed by atoms with E-state index in [0.29, 0.717) is 6.54 Å². The van der Waals surface area contributed by atoms with Crippen LogP contribution in [0.1, 0.15) is 5.82 Å². The second kappa shape index (κ2) is 5.97. The van der Waals surface area contributed by atoms with E-state index in [-0.39, 0.29) is 5.82 Å². The van der Waals surface area contributed by atoms with Crippen LogP contribution < -0.4 is 4.90 Å². The summed E-state index contributed by atoms with van der Waals surface area (Å²) in [6.07, 6.45) is 3.03. The third-order valence-electron chi connectivity index (χ3n) is 3.72. The summed E-state index contributed by atoms with van der Waals surface area (Å²) in [5, 5.41) is 9.69. The van der Waals surface area contributed by atoms with E-state index < -0.39 is 0 Å². The van der Waals surface area contributed by atoms with Gasteiger partial charge in [0.25, 0.3) is 0 Å². The predicted molar refractivity (Wildman–Crippen MR) is 91.3 cm³/mol. The minimum Gasteiger partial charge on any atom is -0.351 e. The van der Waals surface area contributed by atoms with Gasteiger partial charge in [-0.2, -0.15) is 5.10 Å². The lowest BCUT2D eigenvalue weighted by Gasteiger charge is -2.18. The molecule has 0 atom stereocenters. The highest BCUT2D eigenvalue weighted by atomic mass is 32.1. The van der Waals surface area contributed by atoms with E-state index in [9.17, 15) is 4.39 Å². The van der Waals surface area contributed by atoms with Gasteiger partial charge in [0, 0.05) is 18.0 Å². The Hall–Kier alpha value is -2.87. The van der Waals surface area contributed by atoms with Gasteiger partial charge in [-0.05, 0) is 17.7 Å². The minimum atomic E-state index is -0.253. The Morgan fingerprint density at radius 3 is 2.71 bits per heavy atom. The first-order valence-corrected chi connectivity index (χ1v) is 8.14. The molecule has 0 aliphatic rings. The SMILES string of the molecule is CN(Cc1ncn[nH]1)c1ncnc2scc(-c3ccc(F)cc3)c12. The summed E-state index contributed by atoms with van der Waals surface area (Å²) >= 11 is 1.55. The number of benzene rings is 1. The second-order valence-corrected chi connectivity index (χ2v) is 6.18. The van der Waals surface area contributed by atoms with Gasteiger partial charge in [0.05, 0.1) is 11.9 Å². The Morgan fingerprint density at radius 1 is 1.12 bits per heavy atom. The van der Waals surface area contributed by atoms with Crippen molar-refractivity contribution >= 4 is 27.4 Å². The number of fused-ring (bicyclic) bond motifs is 1. The van der Waals surface area contributed by atoms with Crippen LogP contribution in [-0.4, -0.2) is 32.2 Å². The van der Waals surface area contributed by atoms with Gasteiger partial charge in [-0.1, -0.05) is 12.1 Å². The summed E-state index contributed by atoms with van der Waals surface area (Å²) in [5.41, 5.74) is 1.93. The first-order valence-electron chi connectivity index (χ1n) is 7.26. The molecule has 4 rings (SSSR count). The van der Waals surface area contributed by atoms with Gasteiger partial charge in [0.2, 0.25) is 0 Å². The number of hydrogen-bond acceptors (Lipinski definition) is 6. The number of anilines is 1. The predicted octanol–water partition coefficient (Wildman–Crippen LogP) is 3.25. The second-order valence-electron chi connectivity index (χ2n) is 5.32. The maximum atomic E-state index is 13.2. The van der Waals surface area contributed by atoms with Crippen molar-refractivity contribution in [3.63, 3.8) is 0 Å². The zero-order valence-electron chi connectivity index (χ0n) is 12.8. The van der Waals surface area contributed by atoms with Crippen molar-refractivity contribution < 1.29 is 4.39 Å². The zero-order chi connectivity index (χ0) is 16.5. The molecule has 0 saturated carbocycles. The van der Waals surface area contributed by atoms with E-state index >= 15 is 0 Å². The topological polar surface area (TPSA) is 70.6 Å². The fourth-order valence-corrected chi connectivity index (χ4v) is 3.51. The quantitative estimate of drug-likeness (QED) is 0.617. The number of aromatic amines is 1. The number of H-pyrrole nitrogens is 1. The van der Waals surface area contributed by atoms with Crippen LogP contribution in [0.5, 0.6) is 0 Å². The lowest BCUT2D eigenvalue weighted by Crippen LogP contribution is -2.19. The molecule has 3 heterocycles. The molecular weight excluding hydrogens is 327 g/mol. The Labute approximate surface area is 141 Å². The van der Waals surface area contributed by atoms with Crippen LogP contribution in [0.3, 0.4) is 0 Å². The largest absolute Gasteiger partial charge is 0.351 e. The fraction of sp³-hybridized carbons (Fsp3) is 0.125. The number of thiophene rings is 1. The molecule has 0 aliphatic carbocycles. The molecule has 1 N–H and O–H groups in total. The molecule has 6 nitrogen and oxygen atoms in total. The Balaban J connectivity index is 1.81. The smallest absolute Gasteiger partial charge is 0.143 e. The number of nitrogens with zero attached hydrogens (tertiary/aromatic N) is 5. The van der Waals surface area contributed by atoms with Crippen LogP contribution in [-0.2, 0) is 6.54 Å². The van der Waals surface area contributed by atoms with Crippen LogP contribution >= 0.6 is 11.3 Å². The van der Waals surface area contributed by atoms with E-state index in [0.717, 1.165) is 33.0 Å². The molecular formula is C16H13FN6S. The molecule has 0 saturated heterocycles. The zero-order valence-corrected chi connectivity index (χ0v) is 13.6. The monoisotopic (exact) mass is 340 g/mol. The number of halogens is 1. The van der Waals surface area contributed by atoms with Crippen molar-refractivity contribution in [1.82, 2.24) is 25.1 Å². The molecule has 0 amide bonds. The van der Waals surface area contributed by atoms with E-state index in [1.165, 1.54) is 18.5 Å². The third-order valence-corrected chi connectivity index (χ3v) is 4.61. The van der Waals surface area contributed by atoms with Crippen LogP contribution in [0, 0.1) is 5.82 Å². The van der Waals surface area contributed by atoms with Gasteiger partial charge in [-0.15, -0.1) is 11.3 Å². The van der Waals surface area contributed by atoms with Crippen molar-refractivity contribution in [2.24, 2.45) is 0 Å². The molecule has 3 aromatic heterocycles. The highest BCUT2D eigenvalue weighted by Gasteiger charge is 2.16. The van der Waals surface area contributed by atoms with Gasteiger partial charge in [0.1, 0.15) is 34.9 Å². The molecule has 0 bridgehead atoms. The van der Waals surface area contributed by atoms with Crippen molar-refractivity contribution in [3.05, 3.63) is 53.9 Å². The van der Waals surface area contributed by atoms with Crippen LogP contribution in [0.4, 0.5) is 10.2 Å². The van der Waals surface area contributed by atoms with Crippen molar-refractivity contribution in [2.45, 2.75) is 6.54 Å². The molecule has 1 aromatic carbocycles. The average Bonchev–Trinajstić information content (AvgIpc) is 3.24. The van der Waals surface area contributed by atoms with Gasteiger partial charge in [-0.25, -0.2) is 19.3 Å². The van der Waals surface area contributed by atoms with Crippen molar-refractivity contribution in [3.8, 4) is 11.1 Å². The summed E-state index contributed by atoms with van der Waals surface area (Å²) in [5.74, 6) is 1.30. The van der Waals surface area contributed by atoms with E-state index in [1.807, 2.05) is 17.3 Å². The highest BCUT2D eigenvalue weighted by Crippen LogP contribution is 2.37. The number of aromatic nitrogens is 5. The Bertz CT molecular complexity index is 964. The van der Waals surface area contributed by atoms with Gasteiger partial charge in [-0.3, -0.25) is 5.10 Å². The van der Waals surface area contributed by atoms with E-state index in [1.54, 1.807) is 29.8 Å². The molecule has 4 aromatic rings. The molecule has 0 spiro atoms. The van der Waals surface area contributed by atoms with Crippen molar-refractivity contribution in [1.29, 1.82) is 0 Å². The number of hydrogen-bond donors (Lipinski definition) is 1. The first-order chi connectivity index (χ1) is 11.7. The number of rotatable bonds is 4. The van der Waals surface area contributed by atoms with Gasteiger partial charge >= 0.3 is 0 Å². The normalized spacial score (nSPS) is 11.1. The Morgan fingerprint density at radius 2 is 1.96 bits per heavy atom. The standard InChI is InChI=1S/C16H13FN6S/c1-23(6-13-18-9-21-22-13)15-14-12(7-24-16(14)20-8-19-15)10-2-4-11(17)5-3-10/h2-5,7-9H,6H2,1H3,(H,18,21,22). The van der Waals surface area contributed by atoms with Gasteiger partial charge in [0.15, 0.2) is 0 Å². The maximum absolute atomic E-state index is 13.2. The summed E-state index contributed by atoms with van der Waals surface area (Å²) in [6, 6.07) is 6.45. The maximum Gasteiger partial charge on any atom is 0.143 e. The van der Waals surface area contributed by atoms with Crippen molar-refractivity contribution in [2.75, 3.05) is 11.9 Å². The average molecular weight is 340 g/mol. The summed E-state index contributed by atoms with van der Waals surface area (Å²) in [4.78, 5) is 15.8. The third kappa shape index (κ3) is 2.61. The highest BCUT2D eigenvalue weighted by molar-refractivity contribution is 7.17. The minimum absolute atomic E-state index is 0.253. The molecule has 120 valence electrons. The lowest BCUT2D eigenvalue weighted by atomic mass is 10.1. The van der Waals surface area contributed by atoms with E-state index in [4.69, 9.17) is 0 Å². The molecule has 8 heteroatoms. The number of nitrogens with one attached hydrogen (secondary N) is 1. The fourth-order valence-electron chi connectivity index (χ4n) is 2.60. The molecule has 0 radical (unpaired) electrons. The van der Waals surface area contributed by atoms with Gasteiger partial charge < -0.3 is 4.90 Å². The van der Waals surface area contributed by atoms with Crippen LogP contribution in [0.25, 0.3) is 21.3 Å². The van der Waals surface area contributed by atoms with E-state index in [2.05, 4.69) is 25.1 Å². The molecule has 0 fully saturated rings.